The lowest BCUT2D eigenvalue weighted by Crippen LogP contribution is -2.56. The van der Waals surface area contributed by atoms with Gasteiger partial charge in [-0.1, -0.05) is 19.3 Å². The van der Waals surface area contributed by atoms with Gasteiger partial charge in [-0.2, -0.15) is 0 Å². The van der Waals surface area contributed by atoms with E-state index in [2.05, 4.69) is 5.43 Å². The van der Waals surface area contributed by atoms with Crippen LogP contribution >= 0.6 is 0 Å². The first kappa shape index (κ1) is 9.48. The van der Waals surface area contributed by atoms with Gasteiger partial charge in [-0.05, 0) is 12.8 Å². The predicted octanol–water partition coefficient (Wildman–Crippen LogP) is 0.326. The van der Waals surface area contributed by atoms with Crippen molar-refractivity contribution in [1.82, 2.24) is 5.43 Å². The molecule has 0 bridgehead atoms. The Bertz CT molecular complexity index is 164. The molecular formula is C8H16N2O2. The first-order chi connectivity index (χ1) is 5.75. The van der Waals surface area contributed by atoms with Gasteiger partial charge in [-0.25, -0.2) is 5.43 Å². The topological polar surface area (TPSA) is 64.3 Å². The molecule has 1 fully saturated rings. The second-order valence-corrected chi connectivity index (χ2v) is 3.28. The fraction of sp³-hybridized carbons (Fsp3) is 0.875. The quantitative estimate of drug-likeness (QED) is 0.358. The summed E-state index contributed by atoms with van der Waals surface area (Å²) < 4.78 is 4.70. The molecule has 1 saturated carbocycles. The summed E-state index contributed by atoms with van der Waals surface area (Å²) in [6.45, 7) is 0. The Hall–Kier alpha value is -0.610. The van der Waals surface area contributed by atoms with Crippen molar-refractivity contribution in [2.24, 2.45) is 5.84 Å². The number of carbonyl (C=O) groups is 1. The zero-order valence-electron chi connectivity index (χ0n) is 7.43. The zero-order chi connectivity index (χ0) is 9.03. The van der Waals surface area contributed by atoms with E-state index in [0.29, 0.717) is 0 Å². The molecule has 12 heavy (non-hydrogen) atoms. The van der Waals surface area contributed by atoms with E-state index in [9.17, 15) is 4.79 Å². The lowest BCUT2D eigenvalue weighted by atomic mass is 9.82. The molecule has 3 N–H and O–H groups in total. The summed E-state index contributed by atoms with van der Waals surface area (Å²) >= 11 is 0. The lowest BCUT2D eigenvalue weighted by molar-refractivity contribution is -0.150. The van der Waals surface area contributed by atoms with E-state index in [-0.39, 0.29) is 5.97 Å². The van der Waals surface area contributed by atoms with Crippen LogP contribution in [0.5, 0.6) is 0 Å². The highest BCUT2D eigenvalue weighted by molar-refractivity contribution is 5.80. The molecule has 0 aromatic rings. The SMILES string of the molecule is COC(=O)C1(NN)CCCCC1. The molecule has 0 radical (unpaired) electrons. The van der Waals surface area contributed by atoms with Crippen LogP contribution < -0.4 is 11.3 Å². The van der Waals surface area contributed by atoms with Crippen LogP contribution in [0.2, 0.25) is 0 Å². The number of methoxy groups -OCH3 is 1. The number of hydrogen-bond acceptors (Lipinski definition) is 4. The maximum Gasteiger partial charge on any atom is 0.327 e. The van der Waals surface area contributed by atoms with Crippen LogP contribution in [0.3, 0.4) is 0 Å². The number of nitrogens with two attached hydrogens (primary N) is 1. The van der Waals surface area contributed by atoms with Crippen molar-refractivity contribution < 1.29 is 9.53 Å². The Balaban J connectivity index is 2.66. The number of carbonyl (C=O) groups excluding carboxylic acids is 1. The van der Waals surface area contributed by atoms with Gasteiger partial charge in [-0.3, -0.25) is 10.6 Å². The lowest BCUT2D eigenvalue weighted by Gasteiger charge is -2.33. The van der Waals surface area contributed by atoms with Crippen LogP contribution in [-0.2, 0) is 9.53 Å². The molecule has 0 unspecified atom stereocenters. The van der Waals surface area contributed by atoms with E-state index in [0.717, 1.165) is 25.7 Å². The van der Waals surface area contributed by atoms with Gasteiger partial charge in [0.05, 0.1) is 7.11 Å². The smallest absolute Gasteiger partial charge is 0.327 e. The third-order valence-electron chi connectivity index (χ3n) is 2.56. The molecule has 1 aliphatic carbocycles. The minimum atomic E-state index is -0.604. The van der Waals surface area contributed by atoms with Gasteiger partial charge in [0.2, 0.25) is 0 Å². The molecule has 0 heterocycles. The van der Waals surface area contributed by atoms with Crippen LogP contribution in [0.1, 0.15) is 32.1 Å². The molecule has 0 spiro atoms. The van der Waals surface area contributed by atoms with E-state index in [1.54, 1.807) is 0 Å². The fourth-order valence-electron chi connectivity index (χ4n) is 1.76. The summed E-state index contributed by atoms with van der Waals surface area (Å²) in [6, 6.07) is 0. The van der Waals surface area contributed by atoms with Crippen molar-refractivity contribution in [3.05, 3.63) is 0 Å². The van der Waals surface area contributed by atoms with Crippen molar-refractivity contribution >= 4 is 5.97 Å². The monoisotopic (exact) mass is 172 g/mol. The molecule has 0 aliphatic heterocycles. The van der Waals surface area contributed by atoms with Crippen LogP contribution in [0.4, 0.5) is 0 Å². The Morgan fingerprint density at radius 1 is 1.42 bits per heavy atom. The number of ether oxygens (including phenoxy) is 1. The number of rotatable bonds is 2. The van der Waals surface area contributed by atoms with Gasteiger partial charge in [0.1, 0.15) is 5.54 Å². The normalized spacial score (nSPS) is 21.8. The molecule has 1 rings (SSSR count). The summed E-state index contributed by atoms with van der Waals surface area (Å²) in [4.78, 5) is 11.4. The van der Waals surface area contributed by atoms with Crippen molar-refractivity contribution in [1.29, 1.82) is 0 Å². The Morgan fingerprint density at radius 2 is 2.00 bits per heavy atom. The third kappa shape index (κ3) is 1.59. The number of hydrogen-bond donors (Lipinski definition) is 2. The summed E-state index contributed by atoms with van der Waals surface area (Å²) in [5, 5.41) is 0. The van der Waals surface area contributed by atoms with Crippen molar-refractivity contribution in [3.8, 4) is 0 Å². The van der Waals surface area contributed by atoms with E-state index in [1.807, 2.05) is 0 Å². The van der Waals surface area contributed by atoms with Crippen molar-refractivity contribution in [2.75, 3.05) is 7.11 Å². The number of esters is 1. The van der Waals surface area contributed by atoms with Crippen LogP contribution in [0, 0.1) is 0 Å². The first-order valence-electron chi connectivity index (χ1n) is 4.31. The largest absolute Gasteiger partial charge is 0.468 e. The molecule has 1 aliphatic rings. The summed E-state index contributed by atoms with van der Waals surface area (Å²) in [6.07, 6.45) is 4.84. The van der Waals surface area contributed by atoms with Gasteiger partial charge >= 0.3 is 5.97 Å². The molecule has 70 valence electrons. The van der Waals surface area contributed by atoms with Crippen LogP contribution in [0.25, 0.3) is 0 Å². The highest BCUT2D eigenvalue weighted by atomic mass is 16.5. The number of hydrazine groups is 1. The Labute approximate surface area is 72.4 Å². The predicted molar refractivity (Wildman–Crippen MR) is 45.2 cm³/mol. The molecule has 0 saturated heterocycles. The highest BCUT2D eigenvalue weighted by Crippen LogP contribution is 2.28. The Kier molecular flexibility index (Phi) is 3.05. The molecule has 4 nitrogen and oxygen atoms in total. The zero-order valence-corrected chi connectivity index (χ0v) is 7.43. The van der Waals surface area contributed by atoms with Crippen molar-refractivity contribution in [2.45, 2.75) is 37.6 Å². The maximum atomic E-state index is 11.4. The van der Waals surface area contributed by atoms with Gasteiger partial charge in [0.15, 0.2) is 0 Å². The van der Waals surface area contributed by atoms with E-state index < -0.39 is 5.54 Å². The summed E-state index contributed by atoms with van der Waals surface area (Å²) in [5.41, 5.74) is 1.99. The first-order valence-corrected chi connectivity index (χ1v) is 4.31. The molecule has 0 aromatic carbocycles. The molecule has 4 heteroatoms. The molecular weight excluding hydrogens is 156 g/mol. The van der Waals surface area contributed by atoms with E-state index in [1.165, 1.54) is 13.5 Å². The summed E-state index contributed by atoms with van der Waals surface area (Å²) in [5.74, 6) is 5.13. The average Bonchev–Trinajstić information content (AvgIpc) is 2.17. The van der Waals surface area contributed by atoms with Gasteiger partial charge < -0.3 is 4.74 Å². The maximum absolute atomic E-state index is 11.4. The van der Waals surface area contributed by atoms with E-state index in [4.69, 9.17) is 10.6 Å². The standard InChI is InChI=1S/C8H16N2O2/c1-12-7(11)8(10-9)5-3-2-4-6-8/h10H,2-6,9H2,1H3. The van der Waals surface area contributed by atoms with Gasteiger partial charge in [0, 0.05) is 0 Å². The molecule has 0 atom stereocenters. The van der Waals surface area contributed by atoms with Gasteiger partial charge in [-0.15, -0.1) is 0 Å². The average molecular weight is 172 g/mol. The molecule has 0 aromatic heterocycles. The minimum absolute atomic E-state index is 0.232. The molecule has 0 amide bonds. The summed E-state index contributed by atoms with van der Waals surface area (Å²) in [7, 11) is 1.40. The van der Waals surface area contributed by atoms with Crippen LogP contribution in [-0.4, -0.2) is 18.6 Å². The Morgan fingerprint density at radius 3 is 2.42 bits per heavy atom. The minimum Gasteiger partial charge on any atom is -0.468 e. The van der Waals surface area contributed by atoms with Gasteiger partial charge in [0.25, 0.3) is 0 Å². The third-order valence-corrected chi connectivity index (χ3v) is 2.56. The second-order valence-electron chi connectivity index (χ2n) is 3.28. The second kappa shape index (κ2) is 3.87. The van der Waals surface area contributed by atoms with E-state index >= 15 is 0 Å². The van der Waals surface area contributed by atoms with Crippen LogP contribution in [0.15, 0.2) is 0 Å². The number of nitrogens with one attached hydrogen (secondary N) is 1. The highest BCUT2D eigenvalue weighted by Gasteiger charge is 2.39. The van der Waals surface area contributed by atoms with Crippen molar-refractivity contribution in [3.63, 3.8) is 0 Å². The fourth-order valence-corrected chi connectivity index (χ4v) is 1.76.